The number of hydrogen-bond acceptors (Lipinski definition) is 9. The van der Waals surface area contributed by atoms with E-state index in [4.69, 9.17) is 16.2 Å². The molecule has 0 saturated heterocycles. The van der Waals surface area contributed by atoms with Crippen LogP contribution in [0.3, 0.4) is 0 Å². The Morgan fingerprint density at radius 1 is 1.15 bits per heavy atom. The molecule has 1 fully saturated rings. The molecule has 0 radical (unpaired) electrons. The fourth-order valence-electron chi connectivity index (χ4n) is 4.60. The molecular weight excluding hydrogens is 501 g/mol. The van der Waals surface area contributed by atoms with Gasteiger partial charge in [0.2, 0.25) is 0 Å². The summed E-state index contributed by atoms with van der Waals surface area (Å²) in [4.78, 5) is 22.3. The van der Waals surface area contributed by atoms with E-state index in [1.165, 1.54) is 4.80 Å². The molecule has 202 valence electrons. The molecule has 5 rings (SSSR count). The van der Waals surface area contributed by atoms with Gasteiger partial charge < -0.3 is 26.8 Å². The maximum atomic E-state index is 15.0. The first-order valence-electron chi connectivity index (χ1n) is 12.7. The van der Waals surface area contributed by atoms with Crippen molar-refractivity contribution in [3.05, 3.63) is 83.7 Å². The molecule has 1 aromatic carbocycles. The summed E-state index contributed by atoms with van der Waals surface area (Å²) in [6.45, 7) is 2.34. The molecule has 0 aliphatic heterocycles. The van der Waals surface area contributed by atoms with Crippen molar-refractivity contribution < 1.29 is 13.9 Å². The second-order valence-electron chi connectivity index (χ2n) is 9.50. The molecule has 1 amide bonds. The largest absolute Gasteiger partial charge is 0.373 e. The maximum absolute atomic E-state index is 15.0. The van der Waals surface area contributed by atoms with E-state index in [0.29, 0.717) is 36.5 Å². The number of ether oxygens (including phenoxy) is 1. The standard InChI is InChI=1S/C27H30FN9O2/c1-16-24(37-32-9-10-33-37)11-18(14-31-16)34-26-20(25(30)38)13-21(28)27(36-26)35-23-8-7-19(12-22(23)29)39-15-17-5-3-2-4-6-17/h2-6,9-11,13-14,19,22-23H,7-8,12,15,29H2,1H3,(H2,30,38)(H2,34,35,36)/t19-,22+,23-/m1/s1. The van der Waals surface area contributed by atoms with E-state index in [1.54, 1.807) is 24.7 Å². The lowest BCUT2D eigenvalue weighted by Crippen LogP contribution is -2.47. The number of halogens is 1. The monoisotopic (exact) mass is 531 g/mol. The number of anilines is 3. The number of aryl methyl sites for hydroxylation is 1. The summed E-state index contributed by atoms with van der Waals surface area (Å²) in [5, 5.41) is 14.4. The normalized spacial score (nSPS) is 19.0. The molecule has 4 aromatic rings. The number of rotatable bonds is 9. The lowest BCUT2D eigenvalue weighted by molar-refractivity contribution is 0.01000. The Kier molecular flexibility index (Phi) is 7.75. The van der Waals surface area contributed by atoms with Crippen molar-refractivity contribution in [1.29, 1.82) is 0 Å². The topological polar surface area (TPSA) is 159 Å². The fraction of sp³-hybridized carbons (Fsp3) is 0.296. The first-order chi connectivity index (χ1) is 18.9. The molecule has 0 unspecified atom stereocenters. The molecule has 6 N–H and O–H groups in total. The highest BCUT2D eigenvalue weighted by atomic mass is 19.1. The molecule has 11 nitrogen and oxygen atoms in total. The van der Waals surface area contributed by atoms with Gasteiger partial charge in [0.15, 0.2) is 11.6 Å². The van der Waals surface area contributed by atoms with E-state index in [0.717, 1.165) is 18.1 Å². The number of primary amides is 1. The predicted octanol–water partition coefficient (Wildman–Crippen LogP) is 3.22. The summed E-state index contributed by atoms with van der Waals surface area (Å²) in [7, 11) is 0. The number of aromatic nitrogens is 5. The third kappa shape index (κ3) is 6.19. The van der Waals surface area contributed by atoms with Gasteiger partial charge in [0.25, 0.3) is 5.91 Å². The summed E-state index contributed by atoms with van der Waals surface area (Å²) in [6.07, 6.45) is 6.75. The Bertz CT molecular complexity index is 1430. The van der Waals surface area contributed by atoms with Gasteiger partial charge in [0.05, 0.1) is 48.2 Å². The number of carbonyl (C=O) groups excluding carboxylic acids is 1. The van der Waals surface area contributed by atoms with Gasteiger partial charge in [-0.15, -0.1) is 4.80 Å². The van der Waals surface area contributed by atoms with Gasteiger partial charge in [-0.1, -0.05) is 30.3 Å². The molecule has 0 spiro atoms. The second kappa shape index (κ2) is 11.5. The first-order valence-corrected chi connectivity index (χ1v) is 12.7. The number of amides is 1. The van der Waals surface area contributed by atoms with E-state index in [9.17, 15) is 4.79 Å². The van der Waals surface area contributed by atoms with Gasteiger partial charge in [0.1, 0.15) is 11.5 Å². The van der Waals surface area contributed by atoms with Crippen molar-refractivity contribution in [2.45, 2.75) is 51.0 Å². The molecule has 3 heterocycles. The Morgan fingerprint density at radius 2 is 1.92 bits per heavy atom. The summed E-state index contributed by atoms with van der Waals surface area (Å²) in [5.41, 5.74) is 14.8. The van der Waals surface area contributed by atoms with Crippen molar-refractivity contribution in [2.24, 2.45) is 11.5 Å². The minimum absolute atomic E-state index is 0.0121. The highest BCUT2D eigenvalue weighted by molar-refractivity contribution is 5.98. The molecule has 1 aliphatic rings. The Labute approximate surface area is 224 Å². The zero-order chi connectivity index (χ0) is 27.4. The van der Waals surface area contributed by atoms with Crippen LogP contribution in [0.2, 0.25) is 0 Å². The zero-order valence-corrected chi connectivity index (χ0v) is 21.4. The number of nitrogens with one attached hydrogen (secondary N) is 2. The summed E-state index contributed by atoms with van der Waals surface area (Å²) in [6, 6.07) is 12.3. The van der Waals surface area contributed by atoms with Crippen molar-refractivity contribution in [2.75, 3.05) is 10.6 Å². The van der Waals surface area contributed by atoms with Gasteiger partial charge in [-0.2, -0.15) is 10.2 Å². The first kappa shape index (κ1) is 26.2. The van der Waals surface area contributed by atoms with Crippen molar-refractivity contribution in [3.63, 3.8) is 0 Å². The number of nitrogens with zero attached hydrogens (tertiary/aromatic N) is 5. The summed E-state index contributed by atoms with van der Waals surface area (Å²) < 4.78 is 21.1. The number of hydrogen-bond donors (Lipinski definition) is 4. The second-order valence-corrected chi connectivity index (χ2v) is 9.50. The molecule has 3 atom stereocenters. The summed E-state index contributed by atoms with van der Waals surface area (Å²) >= 11 is 0. The molecular formula is C27H30FN9O2. The van der Waals surface area contributed by atoms with Crippen LogP contribution in [-0.2, 0) is 11.3 Å². The minimum atomic E-state index is -0.822. The lowest BCUT2D eigenvalue weighted by Gasteiger charge is -2.34. The van der Waals surface area contributed by atoms with E-state index < -0.39 is 11.7 Å². The highest BCUT2D eigenvalue weighted by Gasteiger charge is 2.30. The van der Waals surface area contributed by atoms with Crippen LogP contribution in [0.15, 0.2) is 61.1 Å². The van der Waals surface area contributed by atoms with Gasteiger partial charge in [-0.3, -0.25) is 9.78 Å². The van der Waals surface area contributed by atoms with Crippen molar-refractivity contribution >= 4 is 23.2 Å². The fourth-order valence-corrected chi connectivity index (χ4v) is 4.60. The predicted molar refractivity (Wildman–Crippen MR) is 144 cm³/mol. The van der Waals surface area contributed by atoms with Crippen LogP contribution in [0.1, 0.15) is 40.9 Å². The maximum Gasteiger partial charge on any atom is 0.252 e. The number of pyridine rings is 2. The third-order valence-electron chi connectivity index (χ3n) is 6.70. The SMILES string of the molecule is Cc1ncc(Nc2nc(N[C@@H]3CC[C@@H](OCc4ccccc4)C[C@@H]3N)c(F)cc2C(N)=O)cc1-n1nccn1. The number of carbonyl (C=O) groups is 1. The molecule has 1 saturated carbocycles. The van der Waals surface area contributed by atoms with Crippen LogP contribution in [-0.4, -0.2) is 49.1 Å². The average Bonchev–Trinajstić information content (AvgIpc) is 3.47. The third-order valence-corrected chi connectivity index (χ3v) is 6.70. The molecule has 0 bridgehead atoms. The highest BCUT2D eigenvalue weighted by Crippen LogP contribution is 2.28. The van der Waals surface area contributed by atoms with E-state index >= 15 is 4.39 Å². The molecule has 3 aromatic heterocycles. The quantitative estimate of drug-likeness (QED) is 0.254. The van der Waals surface area contributed by atoms with Crippen LogP contribution in [0.5, 0.6) is 0 Å². The number of nitrogens with two attached hydrogens (primary N) is 2. The number of benzene rings is 1. The summed E-state index contributed by atoms with van der Waals surface area (Å²) in [5.74, 6) is -1.46. The van der Waals surface area contributed by atoms with Crippen LogP contribution in [0, 0.1) is 12.7 Å². The van der Waals surface area contributed by atoms with E-state index in [2.05, 4.69) is 30.8 Å². The molecule has 39 heavy (non-hydrogen) atoms. The van der Waals surface area contributed by atoms with Gasteiger partial charge in [0, 0.05) is 12.1 Å². The zero-order valence-electron chi connectivity index (χ0n) is 21.4. The molecule has 12 heteroatoms. The smallest absolute Gasteiger partial charge is 0.252 e. The van der Waals surface area contributed by atoms with Crippen LogP contribution < -0.4 is 22.1 Å². The molecule has 1 aliphatic carbocycles. The van der Waals surface area contributed by atoms with Crippen molar-refractivity contribution in [1.82, 2.24) is 25.0 Å². The van der Waals surface area contributed by atoms with Gasteiger partial charge >= 0.3 is 0 Å². The van der Waals surface area contributed by atoms with E-state index in [-0.39, 0.29) is 35.4 Å². The Morgan fingerprint density at radius 3 is 2.64 bits per heavy atom. The van der Waals surface area contributed by atoms with Crippen LogP contribution in [0.4, 0.5) is 21.7 Å². The minimum Gasteiger partial charge on any atom is -0.373 e. The van der Waals surface area contributed by atoms with E-state index in [1.807, 2.05) is 37.3 Å². The van der Waals surface area contributed by atoms with Crippen LogP contribution >= 0.6 is 0 Å². The Hall–Kier alpha value is -4.42. The van der Waals surface area contributed by atoms with Gasteiger partial charge in [-0.25, -0.2) is 9.37 Å². The lowest BCUT2D eigenvalue weighted by atomic mass is 9.88. The van der Waals surface area contributed by atoms with Crippen LogP contribution in [0.25, 0.3) is 5.69 Å². The van der Waals surface area contributed by atoms with Crippen molar-refractivity contribution in [3.8, 4) is 5.69 Å². The Balaban J connectivity index is 1.30. The van der Waals surface area contributed by atoms with Gasteiger partial charge in [-0.05, 0) is 43.9 Å². The average molecular weight is 532 g/mol.